The molecule has 0 saturated carbocycles. The topological polar surface area (TPSA) is 33.1 Å². The van der Waals surface area contributed by atoms with Gasteiger partial charge in [0.05, 0.1) is 11.7 Å². The average Bonchev–Trinajstić information content (AvgIpc) is 3.02. The molecule has 0 bridgehead atoms. The van der Waals surface area contributed by atoms with Gasteiger partial charge in [0, 0.05) is 36.9 Å². The minimum atomic E-state index is 0.0772. The maximum atomic E-state index is 4.47. The second-order valence-electron chi connectivity index (χ2n) is 6.99. The number of nitrogens with one attached hydrogen (secondary N) is 1. The molecule has 106 valence electrons. The lowest BCUT2D eigenvalue weighted by atomic mass is 10.1. The second kappa shape index (κ2) is 4.91. The molecule has 1 aromatic heterocycles. The van der Waals surface area contributed by atoms with E-state index in [1.807, 2.05) is 6.20 Å². The van der Waals surface area contributed by atoms with Crippen LogP contribution in [0.2, 0.25) is 0 Å². The second-order valence-corrected chi connectivity index (χ2v) is 6.99. The van der Waals surface area contributed by atoms with E-state index in [1.54, 1.807) is 0 Å². The Balaban J connectivity index is 1.56. The highest BCUT2D eigenvalue weighted by Crippen LogP contribution is 2.28. The van der Waals surface area contributed by atoms with Crippen LogP contribution in [0.1, 0.15) is 45.6 Å². The average molecular weight is 262 g/mol. The highest BCUT2D eigenvalue weighted by atomic mass is 15.3. The third-order valence-electron chi connectivity index (χ3n) is 4.50. The van der Waals surface area contributed by atoms with Crippen molar-refractivity contribution in [3.05, 3.63) is 18.0 Å². The zero-order chi connectivity index (χ0) is 13.5. The first kappa shape index (κ1) is 13.1. The summed E-state index contributed by atoms with van der Waals surface area (Å²) in [5.74, 6) is 0. The molecule has 3 rings (SSSR count). The molecule has 1 aromatic rings. The van der Waals surface area contributed by atoms with E-state index in [0.717, 1.165) is 12.6 Å². The van der Waals surface area contributed by atoms with Crippen LogP contribution in [0, 0.1) is 0 Å². The summed E-state index contributed by atoms with van der Waals surface area (Å²) >= 11 is 0. The minimum Gasteiger partial charge on any atom is -0.308 e. The summed E-state index contributed by atoms with van der Waals surface area (Å²) in [6, 6.07) is 1.47. The van der Waals surface area contributed by atoms with Gasteiger partial charge >= 0.3 is 0 Å². The molecule has 0 aromatic carbocycles. The van der Waals surface area contributed by atoms with Gasteiger partial charge in [-0.2, -0.15) is 5.10 Å². The Labute approximate surface area is 116 Å². The highest BCUT2D eigenvalue weighted by Gasteiger charge is 2.36. The van der Waals surface area contributed by atoms with Crippen LogP contribution in [0.3, 0.4) is 0 Å². The lowest BCUT2D eigenvalue weighted by molar-refractivity contribution is 0.298. The van der Waals surface area contributed by atoms with Gasteiger partial charge in [-0.25, -0.2) is 0 Å². The fourth-order valence-corrected chi connectivity index (χ4v) is 3.39. The molecule has 4 heteroatoms. The van der Waals surface area contributed by atoms with Crippen molar-refractivity contribution in [2.75, 3.05) is 13.1 Å². The summed E-state index contributed by atoms with van der Waals surface area (Å²) in [6.07, 6.45) is 8.23. The van der Waals surface area contributed by atoms with Gasteiger partial charge in [-0.1, -0.05) is 0 Å². The molecule has 2 unspecified atom stereocenters. The Kier molecular flexibility index (Phi) is 3.39. The molecule has 0 amide bonds. The predicted molar refractivity (Wildman–Crippen MR) is 77.1 cm³/mol. The summed E-state index contributed by atoms with van der Waals surface area (Å²) < 4.78 is 2.06. The van der Waals surface area contributed by atoms with Gasteiger partial charge in [0.25, 0.3) is 0 Å². The van der Waals surface area contributed by atoms with E-state index >= 15 is 0 Å². The Hall–Kier alpha value is -0.870. The Bertz CT molecular complexity index is 432. The van der Waals surface area contributed by atoms with Crippen molar-refractivity contribution in [2.24, 2.45) is 0 Å². The molecule has 4 nitrogen and oxygen atoms in total. The molecule has 3 heterocycles. The molecule has 2 saturated heterocycles. The van der Waals surface area contributed by atoms with Crippen LogP contribution in [-0.2, 0) is 12.1 Å². The molecule has 2 fully saturated rings. The van der Waals surface area contributed by atoms with Gasteiger partial charge in [-0.05, 0) is 46.6 Å². The first-order valence-electron chi connectivity index (χ1n) is 7.55. The molecule has 0 spiro atoms. The van der Waals surface area contributed by atoms with Crippen molar-refractivity contribution >= 4 is 0 Å². The van der Waals surface area contributed by atoms with Gasteiger partial charge in [0.1, 0.15) is 0 Å². The highest BCUT2D eigenvalue weighted by molar-refractivity contribution is 5.06. The van der Waals surface area contributed by atoms with Crippen LogP contribution in [0.4, 0.5) is 0 Å². The van der Waals surface area contributed by atoms with Crippen LogP contribution in [0.5, 0.6) is 0 Å². The van der Waals surface area contributed by atoms with E-state index in [9.17, 15) is 0 Å². The van der Waals surface area contributed by atoms with Crippen molar-refractivity contribution in [2.45, 2.75) is 64.2 Å². The number of hydrogen-bond acceptors (Lipinski definition) is 3. The lowest BCUT2D eigenvalue weighted by Crippen LogP contribution is -2.38. The normalized spacial score (nSPS) is 27.9. The summed E-state index contributed by atoms with van der Waals surface area (Å²) in [4.78, 5) is 2.65. The van der Waals surface area contributed by atoms with Crippen molar-refractivity contribution in [3.8, 4) is 0 Å². The fourth-order valence-electron chi connectivity index (χ4n) is 3.39. The van der Waals surface area contributed by atoms with E-state index in [4.69, 9.17) is 0 Å². The maximum absolute atomic E-state index is 4.47. The number of aromatic nitrogens is 2. The standard InChI is InChI=1S/C15H26N4/c1-15(2,3)19-11-12(10-17-19)9-16-13-6-8-18-7-4-5-14(13)18/h10-11,13-14,16H,4-9H2,1-3H3. The van der Waals surface area contributed by atoms with Crippen molar-refractivity contribution in [1.29, 1.82) is 0 Å². The third kappa shape index (κ3) is 2.70. The van der Waals surface area contributed by atoms with Crippen molar-refractivity contribution in [1.82, 2.24) is 20.0 Å². The van der Waals surface area contributed by atoms with Crippen molar-refractivity contribution in [3.63, 3.8) is 0 Å². The fraction of sp³-hybridized carbons (Fsp3) is 0.800. The van der Waals surface area contributed by atoms with E-state index in [1.165, 1.54) is 37.9 Å². The zero-order valence-corrected chi connectivity index (χ0v) is 12.4. The number of rotatable bonds is 3. The van der Waals surface area contributed by atoms with E-state index in [0.29, 0.717) is 6.04 Å². The molecular formula is C15H26N4. The van der Waals surface area contributed by atoms with Crippen LogP contribution in [0.25, 0.3) is 0 Å². The molecule has 19 heavy (non-hydrogen) atoms. The molecule has 1 N–H and O–H groups in total. The maximum Gasteiger partial charge on any atom is 0.0543 e. The number of nitrogens with zero attached hydrogens (tertiary/aromatic N) is 3. The molecule has 2 atom stereocenters. The summed E-state index contributed by atoms with van der Waals surface area (Å²) in [6.45, 7) is 10.1. The lowest BCUT2D eigenvalue weighted by Gasteiger charge is -2.21. The molecule has 0 aliphatic carbocycles. The van der Waals surface area contributed by atoms with Crippen LogP contribution in [-0.4, -0.2) is 39.9 Å². The van der Waals surface area contributed by atoms with Crippen molar-refractivity contribution < 1.29 is 0 Å². The van der Waals surface area contributed by atoms with E-state index in [2.05, 4.69) is 47.0 Å². The van der Waals surface area contributed by atoms with Gasteiger partial charge in [0.15, 0.2) is 0 Å². The molecular weight excluding hydrogens is 236 g/mol. The van der Waals surface area contributed by atoms with Gasteiger partial charge in [-0.3, -0.25) is 9.58 Å². The van der Waals surface area contributed by atoms with Gasteiger partial charge < -0.3 is 5.32 Å². The summed E-state index contributed by atoms with van der Waals surface area (Å²) in [5, 5.41) is 8.20. The third-order valence-corrected chi connectivity index (χ3v) is 4.50. The quantitative estimate of drug-likeness (QED) is 0.904. The van der Waals surface area contributed by atoms with Crippen LogP contribution < -0.4 is 5.32 Å². The number of hydrogen-bond donors (Lipinski definition) is 1. The molecule has 2 aliphatic heterocycles. The molecule has 2 aliphatic rings. The first-order valence-corrected chi connectivity index (χ1v) is 7.55. The Morgan fingerprint density at radius 3 is 2.89 bits per heavy atom. The summed E-state index contributed by atoms with van der Waals surface area (Å²) in [5.41, 5.74) is 1.37. The first-order chi connectivity index (χ1) is 9.04. The Morgan fingerprint density at radius 2 is 2.16 bits per heavy atom. The van der Waals surface area contributed by atoms with Gasteiger partial charge in [0.2, 0.25) is 0 Å². The monoisotopic (exact) mass is 262 g/mol. The largest absolute Gasteiger partial charge is 0.308 e. The minimum absolute atomic E-state index is 0.0772. The van der Waals surface area contributed by atoms with Gasteiger partial charge in [-0.15, -0.1) is 0 Å². The number of fused-ring (bicyclic) bond motifs is 1. The predicted octanol–water partition coefficient (Wildman–Crippen LogP) is 1.96. The zero-order valence-electron chi connectivity index (χ0n) is 12.4. The van der Waals surface area contributed by atoms with Crippen LogP contribution >= 0.6 is 0 Å². The van der Waals surface area contributed by atoms with E-state index < -0.39 is 0 Å². The SMILES string of the molecule is CC(C)(C)n1cc(CNC2CCN3CCCC23)cn1. The van der Waals surface area contributed by atoms with E-state index in [-0.39, 0.29) is 5.54 Å². The molecule has 0 radical (unpaired) electrons. The Morgan fingerprint density at radius 1 is 1.32 bits per heavy atom. The summed E-state index contributed by atoms with van der Waals surface area (Å²) in [7, 11) is 0. The smallest absolute Gasteiger partial charge is 0.0543 e. The van der Waals surface area contributed by atoms with Crippen LogP contribution in [0.15, 0.2) is 12.4 Å².